The van der Waals surface area contributed by atoms with E-state index >= 15 is 0 Å². The van der Waals surface area contributed by atoms with E-state index in [1.807, 2.05) is 31.5 Å². The lowest BCUT2D eigenvalue weighted by Gasteiger charge is -2.15. The van der Waals surface area contributed by atoms with Gasteiger partial charge in [-0.25, -0.2) is 14.8 Å². The summed E-state index contributed by atoms with van der Waals surface area (Å²) in [5.74, 6) is 0.786. The Labute approximate surface area is 127 Å². The number of aromatic nitrogens is 4. The maximum Gasteiger partial charge on any atom is 0.323 e. The van der Waals surface area contributed by atoms with Gasteiger partial charge in [0, 0.05) is 36.6 Å². The number of anilines is 1. The highest BCUT2D eigenvalue weighted by Gasteiger charge is 2.16. The largest absolute Gasteiger partial charge is 0.341 e. The minimum absolute atomic E-state index is 0.198. The van der Waals surface area contributed by atoms with Crippen molar-refractivity contribution in [2.24, 2.45) is 0 Å². The molecule has 1 aliphatic rings. The molecule has 0 unspecified atom stereocenters. The Morgan fingerprint density at radius 3 is 2.55 bits per heavy atom. The fourth-order valence-electron chi connectivity index (χ4n) is 3.11. The van der Waals surface area contributed by atoms with Crippen LogP contribution in [0, 0.1) is 6.92 Å². The van der Waals surface area contributed by atoms with E-state index in [4.69, 9.17) is 0 Å². The number of hydrogen-bond acceptors (Lipinski definition) is 4. The van der Waals surface area contributed by atoms with Crippen LogP contribution < -0.4 is 10.6 Å². The molecular weight excluding hydrogens is 278 g/mol. The van der Waals surface area contributed by atoms with E-state index in [9.17, 15) is 4.79 Å². The molecule has 22 heavy (non-hydrogen) atoms. The van der Waals surface area contributed by atoms with Gasteiger partial charge in [-0.1, -0.05) is 6.07 Å². The lowest BCUT2D eigenvalue weighted by Crippen LogP contribution is -2.20. The first-order valence-corrected chi connectivity index (χ1v) is 7.51. The molecule has 0 aliphatic carbocycles. The molecular formula is C16H17N5O. The minimum Gasteiger partial charge on any atom is -0.341 e. The predicted octanol–water partition coefficient (Wildman–Crippen LogP) is 2.22. The van der Waals surface area contributed by atoms with Crippen molar-refractivity contribution in [3.63, 3.8) is 0 Å². The summed E-state index contributed by atoms with van der Waals surface area (Å²) < 4.78 is 0. The van der Waals surface area contributed by atoms with E-state index in [2.05, 4.69) is 24.8 Å². The van der Waals surface area contributed by atoms with Crippen LogP contribution in [0.5, 0.6) is 0 Å². The minimum atomic E-state index is -0.198. The van der Waals surface area contributed by atoms with Crippen LogP contribution >= 0.6 is 0 Å². The Hall–Kier alpha value is -2.63. The Kier molecular flexibility index (Phi) is 2.96. The molecule has 1 aliphatic heterocycles. The molecule has 112 valence electrons. The molecule has 1 saturated heterocycles. The fraction of sp³-hybridized carbons (Fsp3) is 0.312. The lowest BCUT2D eigenvalue weighted by molar-refractivity contribution is 0.899. The zero-order valence-corrected chi connectivity index (χ0v) is 12.4. The molecule has 1 aromatic carbocycles. The first kappa shape index (κ1) is 13.1. The fourth-order valence-corrected chi connectivity index (χ4v) is 3.11. The van der Waals surface area contributed by atoms with E-state index in [0.29, 0.717) is 0 Å². The van der Waals surface area contributed by atoms with Crippen LogP contribution in [-0.4, -0.2) is 33.0 Å². The summed E-state index contributed by atoms with van der Waals surface area (Å²) in [6, 6.07) is 3.90. The normalized spacial score (nSPS) is 14.9. The summed E-state index contributed by atoms with van der Waals surface area (Å²) in [5, 5.41) is 0. The number of aromatic amines is 2. The molecule has 0 spiro atoms. The average Bonchev–Trinajstić information content (AvgIpc) is 3.16. The van der Waals surface area contributed by atoms with Gasteiger partial charge in [0.05, 0.1) is 11.0 Å². The molecule has 6 heteroatoms. The SMILES string of the molecule is Cc1ccc2[nH]c(=O)[nH]c2c1-c1cnc(N2CCCC2)nc1. The van der Waals surface area contributed by atoms with Gasteiger partial charge >= 0.3 is 5.69 Å². The smallest absolute Gasteiger partial charge is 0.323 e. The molecule has 0 atom stereocenters. The van der Waals surface area contributed by atoms with Crippen molar-refractivity contribution in [1.29, 1.82) is 0 Å². The molecule has 6 nitrogen and oxygen atoms in total. The first-order chi connectivity index (χ1) is 10.7. The van der Waals surface area contributed by atoms with Crippen molar-refractivity contribution in [3.8, 4) is 11.1 Å². The second-order valence-electron chi connectivity index (χ2n) is 5.73. The molecule has 0 bridgehead atoms. The number of nitrogens with zero attached hydrogens (tertiary/aromatic N) is 3. The highest BCUT2D eigenvalue weighted by atomic mass is 16.1. The topological polar surface area (TPSA) is 77.7 Å². The van der Waals surface area contributed by atoms with E-state index in [-0.39, 0.29) is 5.69 Å². The number of nitrogens with one attached hydrogen (secondary N) is 2. The molecule has 2 aromatic heterocycles. The van der Waals surface area contributed by atoms with Gasteiger partial charge in [-0.3, -0.25) is 0 Å². The molecule has 3 aromatic rings. The molecule has 2 N–H and O–H groups in total. The Morgan fingerprint density at radius 1 is 1.09 bits per heavy atom. The van der Waals surface area contributed by atoms with Crippen LogP contribution in [0.25, 0.3) is 22.2 Å². The third kappa shape index (κ3) is 2.07. The van der Waals surface area contributed by atoms with Crippen molar-refractivity contribution < 1.29 is 0 Å². The van der Waals surface area contributed by atoms with Crippen molar-refractivity contribution in [2.75, 3.05) is 18.0 Å². The van der Waals surface area contributed by atoms with Crippen LogP contribution in [-0.2, 0) is 0 Å². The maximum atomic E-state index is 11.6. The zero-order chi connectivity index (χ0) is 15.1. The molecule has 4 rings (SSSR count). The summed E-state index contributed by atoms with van der Waals surface area (Å²) in [7, 11) is 0. The average molecular weight is 295 g/mol. The lowest BCUT2D eigenvalue weighted by atomic mass is 10.0. The van der Waals surface area contributed by atoms with Crippen molar-refractivity contribution in [1.82, 2.24) is 19.9 Å². The molecule has 3 heterocycles. The Morgan fingerprint density at radius 2 is 1.82 bits per heavy atom. The number of aryl methyl sites for hydroxylation is 1. The Bertz CT molecular complexity index is 872. The third-order valence-electron chi connectivity index (χ3n) is 4.22. The van der Waals surface area contributed by atoms with Gasteiger partial charge in [-0.15, -0.1) is 0 Å². The summed E-state index contributed by atoms with van der Waals surface area (Å²) in [6.07, 6.45) is 6.09. The van der Waals surface area contributed by atoms with Gasteiger partial charge in [0.2, 0.25) is 5.95 Å². The van der Waals surface area contributed by atoms with Crippen molar-refractivity contribution in [2.45, 2.75) is 19.8 Å². The van der Waals surface area contributed by atoms with Crippen molar-refractivity contribution in [3.05, 3.63) is 40.6 Å². The van der Waals surface area contributed by atoms with Gasteiger partial charge in [0.15, 0.2) is 0 Å². The molecule has 0 amide bonds. The van der Waals surface area contributed by atoms with E-state index in [1.54, 1.807) is 0 Å². The highest BCUT2D eigenvalue weighted by molar-refractivity contribution is 5.93. The van der Waals surface area contributed by atoms with Gasteiger partial charge in [0.25, 0.3) is 0 Å². The predicted molar refractivity (Wildman–Crippen MR) is 86.1 cm³/mol. The summed E-state index contributed by atoms with van der Waals surface area (Å²) >= 11 is 0. The standard InChI is InChI=1S/C16H17N5O/c1-10-4-5-12-14(20-16(22)19-12)13(10)11-8-17-15(18-9-11)21-6-2-3-7-21/h4-5,8-9H,2-3,6-7H2,1H3,(H2,19,20,22). The zero-order valence-electron chi connectivity index (χ0n) is 12.4. The number of hydrogen-bond donors (Lipinski definition) is 2. The quantitative estimate of drug-likeness (QED) is 0.760. The monoisotopic (exact) mass is 295 g/mol. The number of H-pyrrole nitrogens is 2. The second-order valence-corrected chi connectivity index (χ2v) is 5.73. The van der Waals surface area contributed by atoms with Gasteiger partial charge < -0.3 is 14.9 Å². The van der Waals surface area contributed by atoms with E-state index in [1.165, 1.54) is 12.8 Å². The number of rotatable bonds is 2. The number of fused-ring (bicyclic) bond motifs is 1. The summed E-state index contributed by atoms with van der Waals surface area (Å²) in [4.78, 5) is 28.4. The first-order valence-electron chi connectivity index (χ1n) is 7.51. The van der Waals surface area contributed by atoms with Crippen LogP contribution in [0.4, 0.5) is 5.95 Å². The van der Waals surface area contributed by atoms with Gasteiger partial charge in [-0.05, 0) is 31.4 Å². The Balaban J connectivity index is 1.81. The van der Waals surface area contributed by atoms with Gasteiger partial charge in [-0.2, -0.15) is 0 Å². The molecule has 1 fully saturated rings. The second kappa shape index (κ2) is 4.98. The van der Waals surface area contributed by atoms with E-state index < -0.39 is 0 Å². The van der Waals surface area contributed by atoms with E-state index in [0.717, 1.165) is 46.8 Å². The van der Waals surface area contributed by atoms with Crippen LogP contribution in [0.1, 0.15) is 18.4 Å². The van der Waals surface area contributed by atoms with Crippen molar-refractivity contribution >= 4 is 17.0 Å². The van der Waals surface area contributed by atoms with Gasteiger partial charge in [0.1, 0.15) is 0 Å². The summed E-state index contributed by atoms with van der Waals surface area (Å²) in [5.41, 5.74) is 4.39. The molecule has 0 saturated carbocycles. The van der Waals surface area contributed by atoms with Crippen LogP contribution in [0.15, 0.2) is 29.3 Å². The molecule has 0 radical (unpaired) electrons. The number of imidazole rings is 1. The van der Waals surface area contributed by atoms with Crippen LogP contribution in [0.2, 0.25) is 0 Å². The van der Waals surface area contributed by atoms with Crippen LogP contribution in [0.3, 0.4) is 0 Å². The number of benzene rings is 1. The third-order valence-corrected chi connectivity index (χ3v) is 4.22. The highest BCUT2D eigenvalue weighted by Crippen LogP contribution is 2.29. The maximum absolute atomic E-state index is 11.6. The summed E-state index contributed by atoms with van der Waals surface area (Å²) in [6.45, 7) is 4.08.